The van der Waals surface area contributed by atoms with Gasteiger partial charge in [-0.1, -0.05) is 5.16 Å². The number of nitrogens with zero attached hydrogens (tertiary/aromatic N) is 3. The Morgan fingerprint density at radius 3 is 2.52 bits per heavy atom. The van der Waals surface area contributed by atoms with Crippen molar-refractivity contribution < 1.29 is 9.26 Å². The highest BCUT2D eigenvalue weighted by atomic mass is 16.5. The molecular weight excluding hydrogens is 266 g/mol. The minimum atomic E-state index is 0.129. The predicted octanol–water partition coefficient (Wildman–Crippen LogP) is 1.98. The summed E-state index contributed by atoms with van der Waals surface area (Å²) in [4.78, 5) is 4.80. The van der Waals surface area contributed by atoms with E-state index < -0.39 is 0 Å². The van der Waals surface area contributed by atoms with Gasteiger partial charge < -0.3 is 14.2 Å². The van der Waals surface area contributed by atoms with Crippen molar-refractivity contribution >= 4 is 0 Å². The minimum absolute atomic E-state index is 0.129. The topological polar surface area (TPSA) is 41.7 Å². The van der Waals surface area contributed by atoms with Crippen molar-refractivity contribution in [1.29, 1.82) is 0 Å². The zero-order valence-corrected chi connectivity index (χ0v) is 13.7. The molecule has 2 aliphatic rings. The van der Waals surface area contributed by atoms with Crippen molar-refractivity contribution in [2.45, 2.75) is 51.3 Å². The lowest BCUT2D eigenvalue weighted by Crippen LogP contribution is -2.44. The van der Waals surface area contributed by atoms with E-state index in [-0.39, 0.29) is 5.60 Å². The van der Waals surface area contributed by atoms with Gasteiger partial charge in [0.25, 0.3) is 0 Å². The number of aryl methyl sites for hydroxylation is 2. The van der Waals surface area contributed by atoms with E-state index in [0.29, 0.717) is 6.04 Å². The molecule has 21 heavy (non-hydrogen) atoms. The molecule has 5 heteroatoms. The zero-order chi connectivity index (χ0) is 15.0. The van der Waals surface area contributed by atoms with Gasteiger partial charge >= 0.3 is 0 Å². The quantitative estimate of drug-likeness (QED) is 0.852. The molecule has 0 unspecified atom stereocenters. The van der Waals surface area contributed by atoms with E-state index in [2.05, 4.69) is 29.1 Å². The van der Waals surface area contributed by atoms with Gasteiger partial charge in [-0.2, -0.15) is 0 Å². The molecule has 0 saturated carbocycles. The second-order valence-electron chi connectivity index (χ2n) is 6.89. The second-order valence-corrected chi connectivity index (χ2v) is 6.89. The van der Waals surface area contributed by atoms with Crippen LogP contribution < -0.4 is 0 Å². The number of rotatable bonds is 3. The lowest BCUT2D eigenvalue weighted by molar-refractivity contribution is -0.0452. The molecule has 3 rings (SSSR count). The summed E-state index contributed by atoms with van der Waals surface area (Å²) >= 11 is 0. The third-order valence-corrected chi connectivity index (χ3v) is 5.25. The van der Waals surface area contributed by atoms with Crippen LogP contribution in [0.15, 0.2) is 4.52 Å². The molecule has 118 valence electrons. The van der Waals surface area contributed by atoms with Crippen molar-refractivity contribution in [3.05, 3.63) is 17.0 Å². The summed E-state index contributed by atoms with van der Waals surface area (Å²) in [5, 5.41) is 4.05. The van der Waals surface area contributed by atoms with E-state index in [0.717, 1.165) is 50.5 Å². The molecule has 2 aliphatic heterocycles. The highest BCUT2D eigenvalue weighted by Crippen LogP contribution is 2.37. The summed E-state index contributed by atoms with van der Waals surface area (Å²) in [7, 11) is 4.30. The fourth-order valence-electron chi connectivity index (χ4n) is 3.57. The summed E-state index contributed by atoms with van der Waals surface area (Å²) in [6, 6.07) is 0.583. The second kappa shape index (κ2) is 5.71. The molecule has 0 amide bonds. The van der Waals surface area contributed by atoms with E-state index >= 15 is 0 Å². The zero-order valence-electron chi connectivity index (χ0n) is 13.7. The van der Waals surface area contributed by atoms with E-state index in [4.69, 9.17) is 9.26 Å². The summed E-state index contributed by atoms with van der Waals surface area (Å²) in [5.41, 5.74) is 2.41. The third-order valence-electron chi connectivity index (χ3n) is 5.25. The Bertz CT molecular complexity index is 470. The first-order valence-electron chi connectivity index (χ1n) is 7.94. The van der Waals surface area contributed by atoms with E-state index in [9.17, 15) is 0 Å². The van der Waals surface area contributed by atoms with E-state index in [1.54, 1.807) is 0 Å². The molecule has 0 bridgehead atoms. The predicted molar refractivity (Wildman–Crippen MR) is 81.3 cm³/mol. The Morgan fingerprint density at radius 1 is 1.29 bits per heavy atom. The first-order valence-corrected chi connectivity index (χ1v) is 7.94. The largest absolute Gasteiger partial charge is 0.373 e. The maximum atomic E-state index is 6.19. The Balaban J connectivity index is 1.56. The van der Waals surface area contributed by atoms with Crippen molar-refractivity contribution in [3.8, 4) is 0 Å². The SMILES string of the molecule is Cc1noc(C)c1CN1CCC2(CC1)C[C@@H](N(C)C)CO2. The van der Waals surface area contributed by atoms with Crippen LogP contribution in [-0.4, -0.2) is 60.4 Å². The van der Waals surface area contributed by atoms with Crippen LogP contribution in [0.5, 0.6) is 0 Å². The number of hydrogen-bond acceptors (Lipinski definition) is 5. The number of piperidine rings is 1. The highest BCUT2D eigenvalue weighted by Gasteiger charge is 2.43. The number of ether oxygens (including phenoxy) is 1. The molecule has 1 atom stereocenters. The van der Waals surface area contributed by atoms with Gasteiger partial charge in [0.1, 0.15) is 5.76 Å². The van der Waals surface area contributed by atoms with Gasteiger partial charge in [0.15, 0.2) is 0 Å². The van der Waals surface area contributed by atoms with Crippen molar-refractivity contribution in [1.82, 2.24) is 15.0 Å². The Morgan fingerprint density at radius 2 is 2.00 bits per heavy atom. The smallest absolute Gasteiger partial charge is 0.138 e. The molecule has 0 aromatic carbocycles. The van der Waals surface area contributed by atoms with Crippen molar-refractivity contribution in [2.24, 2.45) is 0 Å². The average Bonchev–Trinajstić information content (AvgIpc) is 3.01. The summed E-state index contributed by atoms with van der Waals surface area (Å²) in [6.45, 7) is 8.07. The average molecular weight is 293 g/mol. The van der Waals surface area contributed by atoms with Gasteiger partial charge in [0.05, 0.1) is 17.9 Å². The van der Waals surface area contributed by atoms with Crippen LogP contribution in [0, 0.1) is 13.8 Å². The van der Waals surface area contributed by atoms with Crippen LogP contribution >= 0.6 is 0 Å². The molecule has 1 aromatic heterocycles. The number of likely N-dealkylation sites (tertiary alicyclic amines) is 1. The maximum Gasteiger partial charge on any atom is 0.138 e. The van der Waals surface area contributed by atoms with Gasteiger partial charge in [-0.25, -0.2) is 0 Å². The first-order chi connectivity index (χ1) is 9.99. The molecule has 2 saturated heterocycles. The van der Waals surface area contributed by atoms with Crippen LogP contribution in [0.1, 0.15) is 36.3 Å². The van der Waals surface area contributed by atoms with Gasteiger partial charge in [-0.05, 0) is 47.2 Å². The van der Waals surface area contributed by atoms with Gasteiger partial charge in [0.2, 0.25) is 0 Å². The Hall–Kier alpha value is -0.910. The fraction of sp³-hybridized carbons (Fsp3) is 0.812. The standard InChI is InChI=1S/C16H27N3O2/c1-12-15(13(2)21-17-12)10-19-7-5-16(6-8-19)9-14(11-20-16)18(3)4/h14H,5-11H2,1-4H3/t14-/m1/s1. The van der Waals surface area contributed by atoms with Crippen LogP contribution in [0.3, 0.4) is 0 Å². The number of aromatic nitrogens is 1. The van der Waals surface area contributed by atoms with Gasteiger partial charge in [-0.3, -0.25) is 4.90 Å². The molecular formula is C16H27N3O2. The van der Waals surface area contributed by atoms with Crippen molar-refractivity contribution in [2.75, 3.05) is 33.8 Å². The van der Waals surface area contributed by atoms with E-state index in [1.807, 2.05) is 13.8 Å². The van der Waals surface area contributed by atoms with Gasteiger partial charge in [0, 0.05) is 31.2 Å². The fourth-order valence-corrected chi connectivity index (χ4v) is 3.57. The molecule has 0 radical (unpaired) electrons. The normalized spacial score (nSPS) is 26.0. The lowest BCUT2D eigenvalue weighted by Gasteiger charge is -2.38. The molecule has 2 fully saturated rings. The summed E-state index contributed by atoms with van der Waals surface area (Å²) < 4.78 is 11.5. The maximum absolute atomic E-state index is 6.19. The summed E-state index contributed by atoms with van der Waals surface area (Å²) in [6.07, 6.45) is 3.46. The van der Waals surface area contributed by atoms with Crippen LogP contribution in [-0.2, 0) is 11.3 Å². The molecule has 3 heterocycles. The van der Waals surface area contributed by atoms with Crippen LogP contribution in [0.2, 0.25) is 0 Å². The van der Waals surface area contributed by atoms with E-state index in [1.165, 1.54) is 12.0 Å². The Kier molecular flexibility index (Phi) is 4.08. The third kappa shape index (κ3) is 3.00. The highest BCUT2D eigenvalue weighted by molar-refractivity contribution is 5.20. The summed E-state index contributed by atoms with van der Waals surface area (Å²) in [5.74, 6) is 0.956. The van der Waals surface area contributed by atoms with Crippen LogP contribution in [0.25, 0.3) is 0 Å². The molecule has 5 nitrogen and oxygen atoms in total. The molecule has 0 aliphatic carbocycles. The first kappa shape index (κ1) is 15.0. The number of hydrogen-bond donors (Lipinski definition) is 0. The molecule has 1 spiro atoms. The van der Waals surface area contributed by atoms with Crippen LogP contribution in [0.4, 0.5) is 0 Å². The minimum Gasteiger partial charge on any atom is -0.373 e. The monoisotopic (exact) mass is 293 g/mol. The lowest BCUT2D eigenvalue weighted by atomic mass is 9.87. The van der Waals surface area contributed by atoms with Gasteiger partial charge in [-0.15, -0.1) is 0 Å². The number of likely N-dealkylation sites (N-methyl/N-ethyl adjacent to an activating group) is 1. The molecule has 0 N–H and O–H groups in total. The Labute approximate surface area is 127 Å². The van der Waals surface area contributed by atoms with Crippen molar-refractivity contribution in [3.63, 3.8) is 0 Å². The molecule has 1 aromatic rings.